The Morgan fingerprint density at radius 2 is 1.89 bits per heavy atom. The molecule has 2 aliphatic rings. The zero-order valence-electron chi connectivity index (χ0n) is 15.5. The highest BCUT2D eigenvalue weighted by Gasteiger charge is 2.53. The van der Waals surface area contributed by atoms with Crippen molar-refractivity contribution in [3.8, 4) is 5.75 Å². The zero-order valence-corrected chi connectivity index (χ0v) is 16.3. The number of hydrogen-bond acceptors (Lipinski definition) is 5. The van der Waals surface area contributed by atoms with E-state index in [4.69, 9.17) is 9.73 Å². The molecule has 5 nitrogen and oxygen atoms in total. The van der Waals surface area contributed by atoms with Gasteiger partial charge >= 0.3 is 0 Å². The lowest BCUT2D eigenvalue weighted by atomic mass is 9.79. The van der Waals surface area contributed by atoms with Gasteiger partial charge in [0.2, 0.25) is 5.72 Å². The molecule has 0 amide bonds. The first-order valence-corrected chi connectivity index (χ1v) is 9.96. The first kappa shape index (κ1) is 17.1. The zero-order chi connectivity index (χ0) is 19.5. The van der Waals surface area contributed by atoms with Gasteiger partial charge in [-0.05, 0) is 31.6 Å². The standard InChI is InChI=1S/C22H18N2O3S/c1-13(25)18-19-15-10-6-7-11-16(15)27-22(18,2)23-21-24(19)20(26)17(28-21)12-14-8-4-3-5-9-14/h3-12,18-19H,1-2H3/b17-12-/t18-,19-,22-/m0/s1. The van der Waals surface area contributed by atoms with E-state index in [1.165, 1.54) is 11.3 Å². The van der Waals surface area contributed by atoms with Crippen LogP contribution in [0.25, 0.3) is 6.08 Å². The highest BCUT2D eigenvalue weighted by Crippen LogP contribution is 2.47. The van der Waals surface area contributed by atoms with Crippen LogP contribution >= 0.6 is 11.3 Å². The molecule has 2 aliphatic heterocycles. The molecular formula is C22H18N2O3S. The lowest BCUT2D eigenvalue weighted by Gasteiger charge is -2.45. The molecule has 6 heteroatoms. The van der Waals surface area contributed by atoms with Gasteiger partial charge < -0.3 is 4.74 Å². The Bertz CT molecular complexity index is 1280. The summed E-state index contributed by atoms with van der Waals surface area (Å²) in [5.74, 6) is 0.0865. The number of rotatable bonds is 2. The molecule has 3 atom stereocenters. The minimum Gasteiger partial charge on any atom is -0.465 e. The van der Waals surface area contributed by atoms with Gasteiger partial charge in [-0.3, -0.25) is 14.2 Å². The van der Waals surface area contributed by atoms with Gasteiger partial charge in [0.05, 0.1) is 10.6 Å². The fourth-order valence-corrected chi connectivity index (χ4v) is 5.36. The number of benzene rings is 2. The van der Waals surface area contributed by atoms with Crippen molar-refractivity contribution in [1.82, 2.24) is 4.57 Å². The normalized spacial score (nSPS) is 25.3. The molecule has 5 rings (SSSR count). The van der Waals surface area contributed by atoms with Crippen LogP contribution in [0.4, 0.5) is 0 Å². The second-order valence-electron chi connectivity index (χ2n) is 7.32. The van der Waals surface area contributed by atoms with Crippen molar-refractivity contribution in [2.45, 2.75) is 25.6 Å². The summed E-state index contributed by atoms with van der Waals surface area (Å²) in [6.07, 6.45) is 1.87. The molecule has 0 aliphatic carbocycles. The summed E-state index contributed by atoms with van der Waals surface area (Å²) in [6.45, 7) is 3.37. The van der Waals surface area contributed by atoms with Gasteiger partial charge in [-0.25, -0.2) is 4.99 Å². The Kier molecular flexibility index (Phi) is 3.67. The van der Waals surface area contributed by atoms with Crippen LogP contribution in [-0.2, 0) is 4.79 Å². The molecule has 0 unspecified atom stereocenters. The first-order chi connectivity index (χ1) is 13.5. The molecular weight excluding hydrogens is 372 g/mol. The van der Waals surface area contributed by atoms with Gasteiger partial charge in [0.1, 0.15) is 17.5 Å². The van der Waals surface area contributed by atoms with Crippen molar-refractivity contribution in [2.75, 3.05) is 0 Å². The smallest absolute Gasteiger partial charge is 0.270 e. The molecule has 0 saturated carbocycles. The Morgan fingerprint density at radius 1 is 1.18 bits per heavy atom. The maximum absolute atomic E-state index is 13.3. The van der Waals surface area contributed by atoms with Crippen LogP contribution in [-0.4, -0.2) is 16.1 Å². The summed E-state index contributed by atoms with van der Waals surface area (Å²) in [6, 6.07) is 16.9. The monoisotopic (exact) mass is 390 g/mol. The number of nitrogens with zero attached hydrogens (tertiary/aromatic N) is 2. The van der Waals surface area contributed by atoms with E-state index >= 15 is 0 Å². The van der Waals surface area contributed by atoms with Crippen LogP contribution in [0, 0.1) is 5.92 Å². The second-order valence-corrected chi connectivity index (χ2v) is 8.33. The number of fused-ring (bicyclic) bond motifs is 6. The molecule has 3 aromatic rings. The molecule has 28 heavy (non-hydrogen) atoms. The summed E-state index contributed by atoms with van der Waals surface area (Å²) in [5.41, 5.74) is 0.657. The minimum atomic E-state index is -1.02. The summed E-state index contributed by atoms with van der Waals surface area (Å²) in [5, 5.41) is 0. The lowest BCUT2D eigenvalue weighted by molar-refractivity contribution is -0.132. The van der Waals surface area contributed by atoms with E-state index in [0.29, 0.717) is 15.1 Å². The fraction of sp³-hybridized carbons (Fsp3) is 0.227. The van der Waals surface area contributed by atoms with Crippen molar-refractivity contribution in [1.29, 1.82) is 0 Å². The number of hydrogen-bond donors (Lipinski definition) is 0. The van der Waals surface area contributed by atoms with Gasteiger partial charge in [-0.2, -0.15) is 0 Å². The van der Waals surface area contributed by atoms with E-state index in [-0.39, 0.29) is 11.3 Å². The summed E-state index contributed by atoms with van der Waals surface area (Å²) in [4.78, 5) is 31.2. The minimum absolute atomic E-state index is 0.0388. The van der Waals surface area contributed by atoms with Crippen molar-refractivity contribution in [2.24, 2.45) is 10.9 Å². The predicted molar refractivity (Wildman–Crippen MR) is 107 cm³/mol. The van der Waals surface area contributed by atoms with Crippen LogP contribution in [0.2, 0.25) is 0 Å². The third-order valence-corrected chi connectivity index (χ3v) is 6.40. The Balaban J connectivity index is 1.83. The number of Topliss-reactive ketones (excluding diaryl/α,β-unsaturated/α-hetero) is 1. The van der Waals surface area contributed by atoms with Gasteiger partial charge in [0.15, 0.2) is 4.80 Å². The molecule has 0 radical (unpaired) electrons. The number of ether oxygens (including phenoxy) is 1. The van der Waals surface area contributed by atoms with Gasteiger partial charge in [-0.15, -0.1) is 0 Å². The maximum atomic E-state index is 13.3. The number of thiazole rings is 1. The van der Waals surface area contributed by atoms with Gasteiger partial charge in [0.25, 0.3) is 5.56 Å². The molecule has 1 aromatic heterocycles. The topological polar surface area (TPSA) is 60.7 Å². The SMILES string of the molecule is CC(=O)[C@H]1[C@@H]2c3ccccc3O[C@]1(C)N=c1s/c(=C\c3ccccc3)c(=O)n12. The van der Waals surface area contributed by atoms with Crippen molar-refractivity contribution >= 4 is 23.2 Å². The molecule has 2 bridgehead atoms. The van der Waals surface area contributed by atoms with E-state index < -0.39 is 17.7 Å². The Morgan fingerprint density at radius 3 is 2.64 bits per heavy atom. The summed E-state index contributed by atoms with van der Waals surface area (Å²) in [7, 11) is 0. The van der Waals surface area contributed by atoms with Crippen molar-refractivity contribution in [3.63, 3.8) is 0 Å². The van der Waals surface area contributed by atoms with E-state index in [0.717, 1.165) is 11.1 Å². The van der Waals surface area contributed by atoms with Gasteiger partial charge in [-0.1, -0.05) is 59.9 Å². The number of carbonyl (C=O) groups excluding carboxylic acids is 1. The van der Waals surface area contributed by atoms with E-state index in [1.54, 1.807) is 11.5 Å². The number of carbonyl (C=O) groups is 1. The molecule has 3 heterocycles. The molecule has 0 N–H and O–H groups in total. The van der Waals surface area contributed by atoms with Crippen molar-refractivity contribution in [3.05, 3.63) is 85.4 Å². The van der Waals surface area contributed by atoms with Gasteiger partial charge in [0, 0.05) is 5.56 Å². The number of ketones is 1. The predicted octanol–water partition coefficient (Wildman–Crippen LogP) is 2.28. The van der Waals surface area contributed by atoms with Crippen LogP contribution in [0.5, 0.6) is 5.75 Å². The summed E-state index contributed by atoms with van der Waals surface area (Å²) < 4.78 is 8.46. The van der Waals surface area contributed by atoms with E-state index in [9.17, 15) is 9.59 Å². The quantitative estimate of drug-likeness (QED) is 0.675. The molecule has 0 spiro atoms. The van der Waals surface area contributed by atoms with Crippen LogP contribution in [0.3, 0.4) is 0 Å². The second kappa shape index (κ2) is 6.01. The molecule has 0 saturated heterocycles. The lowest BCUT2D eigenvalue weighted by Crippen LogP contribution is -2.58. The van der Waals surface area contributed by atoms with E-state index in [1.807, 2.05) is 67.6 Å². The molecule has 0 fully saturated rings. The Hall–Kier alpha value is -2.99. The largest absolute Gasteiger partial charge is 0.465 e. The number of para-hydroxylation sites is 1. The average Bonchev–Trinajstić information content (AvgIpc) is 2.95. The van der Waals surface area contributed by atoms with Crippen molar-refractivity contribution < 1.29 is 9.53 Å². The van der Waals surface area contributed by atoms with E-state index in [2.05, 4.69) is 0 Å². The summed E-state index contributed by atoms with van der Waals surface area (Å²) >= 11 is 1.34. The average molecular weight is 390 g/mol. The van der Waals surface area contributed by atoms with Crippen LogP contribution in [0.15, 0.2) is 64.4 Å². The fourth-order valence-electron chi connectivity index (χ4n) is 4.26. The highest BCUT2D eigenvalue weighted by molar-refractivity contribution is 7.07. The van der Waals surface area contributed by atoms with Crippen LogP contribution in [0.1, 0.15) is 31.0 Å². The highest BCUT2D eigenvalue weighted by atomic mass is 32.1. The maximum Gasteiger partial charge on any atom is 0.270 e. The first-order valence-electron chi connectivity index (χ1n) is 9.14. The third-order valence-electron chi connectivity index (χ3n) is 5.42. The number of aromatic nitrogens is 1. The third kappa shape index (κ3) is 2.41. The molecule has 140 valence electrons. The van der Waals surface area contributed by atoms with Crippen LogP contribution < -0.4 is 19.6 Å². The molecule has 2 aromatic carbocycles. The Labute approximate surface area is 165 Å².